The molecule has 0 amide bonds. The standard InChI is InChI=1S/2C17H12N2.C16H11N3.3C6H6.C4H4N2.2C3H3N3.3C3H8.12C2H6/c2*1-3-9-15-13(7-1)14-8-2-4-10-16(14)19(15)17-11-5-6-12-18-17;1-3-8-14-12(6-1)13-7-2-4-9-15(13)19(14)16-17-10-5-11-18-16;3*1-2-4-6-5-3-1;1-2-5-4-6-3-1;2*1-4-2-6-3-5-1;3*1-3-2;12*1-2/h2*1-12H;1-11H;3*1-6H;1-4H;2*1-3H;3*3H2,1-2H3;12*1-2H3. The van der Waals surface area contributed by atoms with Crippen LogP contribution < -0.4 is 0 Å². The van der Waals surface area contributed by atoms with E-state index in [4.69, 9.17) is 0 Å². The molecule has 0 aliphatic carbocycles. The molecule has 15 nitrogen and oxygen atoms in total. The van der Waals surface area contributed by atoms with E-state index in [0.717, 1.165) is 22.7 Å². The highest BCUT2D eigenvalue weighted by Gasteiger charge is 2.14. The van der Waals surface area contributed by atoms with Crippen LogP contribution in [0.2, 0.25) is 0 Å². The van der Waals surface area contributed by atoms with Crippen LogP contribution in [0.3, 0.4) is 0 Å². The van der Waals surface area contributed by atoms with Gasteiger partial charge in [0.25, 0.3) is 0 Å². The van der Waals surface area contributed by atoms with Gasteiger partial charge in [-0.05, 0) is 72.8 Å². The molecule has 18 aromatic rings. The Balaban J connectivity index is -0.000000319. The van der Waals surface area contributed by atoms with E-state index in [1.54, 1.807) is 30.9 Å². The van der Waals surface area contributed by atoms with Crippen molar-refractivity contribution in [2.45, 2.75) is 227 Å². The van der Waals surface area contributed by atoms with Gasteiger partial charge in [-0.15, -0.1) is 0 Å². The fourth-order valence-corrected chi connectivity index (χ4v) is 9.67. The first-order valence-electron chi connectivity index (χ1n) is 45.9. The highest BCUT2D eigenvalue weighted by atomic mass is 15.1. The maximum atomic E-state index is 4.48. The molecule has 18 rings (SSSR count). The number of nitrogens with zero attached hydrogens (tertiary/aromatic N) is 15. The molecular formula is C111H159N15. The SMILES string of the molecule is CC.CC.CC.CC.CC.CC.CC.CC.CC.CC.CC.CC.CCC.CCC.CCC.c1ccc(-n2c3ccccc3c3ccccc32)nc1.c1ccc(-n2c3ccccc3c3ccccc32)nc1.c1ccccc1.c1ccccc1.c1ccccc1.c1cnc(-n2c3ccccc3c3ccccc32)nc1.c1cncnc1.c1ncncn1.c1ncncn1. The number of hydrogen-bond donors (Lipinski definition) is 0. The summed E-state index contributed by atoms with van der Waals surface area (Å²) in [6.45, 7) is 60.8. The highest BCUT2D eigenvalue weighted by Crippen LogP contribution is 2.33. The second-order valence-electron chi connectivity index (χ2n) is 21.6. The third-order valence-corrected chi connectivity index (χ3v) is 13.5. The smallest absolute Gasteiger partial charge is 0.234 e. The van der Waals surface area contributed by atoms with Crippen molar-refractivity contribution < 1.29 is 0 Å². The topological polar surface area (TPSA) is 169 Å². The third-order valence-electron chi connectivity index (χ3n) is 13.5. The Morgan fingerprint density at radius 3 is 0.476 bits per heavy atom. The fourth-order valence-electron chi connectivity index (χ4n) is 9.67. The van der Waals surface area contributed by atoms with Crippen LogP contribution in [0.4, 0.5) is 0 Å². The average molecular weight is 1700 g/mol. The first-order valence-corrected chi connectivity index (χ1v) is 45.9. The van der Waals surface area contributed by atoms with Crippen LogP contribution in [0.15, 0.2) is 385 Å². The first kappa shape index (κ1) is 124. The van der Waals surface area contributed by atoms with Crippen molar-refractivity contribution in [3.63, 3.8) is 0 Å². The maximum absolute atomic E-state index is 4.48. The minimum absolute atomic E-state index is 0.708. The summed E-state index contributed by atoms with van der Waals surface area (Å²) < 4.78 is 6.53. The molecule has 0 atom stereocenters. The number of fused-ring (bicyclic) bond motifs is 9. The number of pyridine rings is 2. The van der Waals surface area contributed by atoms with Crippen LogP contribution in [-0.2, 0) is 0 Å². The summed E-state index contributed by atoms with van der Waals surface area (Å²) in [5, 5.41) is 7.52. The minimum atomic E-state index is 0.708. The van der Waals surface area contributed by atoms with Gasteiger partial charge in [-0.1, -0.05) is 457 Å². The molecule has 9 aromatic heterocycles. The van der Waals surface area contributed by atoms with Crippen LogP contribution in [-0.4, -0.2) is 73.5 Å². The van der Waals surface area contributed by atoms with Crippen LogP contribution in [0.1, 0.15) is 227 Å². The van der Waals surface area contributed by atoms with Crippen molar-refractivity contribution in [3.05, 3.63) is 385 Å². The minimum Gasteiger partial charge on any atom is -0.294 e. The third kappa shape index (κ3) is 51.7. The lowest BCUT2D eigenvalue weighted by Crippen LogP contribution is -1.99. The molecule has 0 aliphatic rings. The Hall–Kier alpha value is -13.1. The predicted octanol–water partition coefficient (Wildman–Crippen LogP) is 33.8. The summed E-state index contributed by atoms with van der Waals surface area (Å²) in [6, 6.07) is 102. The lowest BCUT2D eigenvalue weighted by Gasteiger charge is -2.05. The van der Waals surface area contributed by atoms with Crippen molar-refractivity contribution in [3.8, 4) is 17.6 Å². The van der Waals surface area contributed by atoms with Gasteiger partial charge in [0.1, 0.15) is 55.9 Å². The van der Waals surface area contributed by atoms with Crippen molar-refractivity contribution in [2.24, 2.45) is 0 Å². The van der Waals surface area contributed by atoms with Gasteiger partial charge >= 0.3 is 0 Å². The average Bonchev–Trinajstić information content (AvgIpc) is 1.62. The van der Waals surface area contributed by atoms with Gasteiger partial charge < -0.3 is 0 Å². The Morgan fingerprint density at radius 1 is 0.159 bits per heavy atom. The fraction of sp³-hybridized carbons (Fsp3) is 0.297. The number of rotatable bonds is 3. The van der Waals surface area contributed by atoms with Gasteiger partial charge in [-0.2, -0.15) is 0 Å². The molecule has 0 N–H and O–H groups in total. The monoisotopic (exact) mass is 1700 g/mol. The number of para-hydroxylation sites is 6. The van der Waals surface area contributed by atoms with E-state index in [9.17, 15) is 0 Å². The summed E-state index contributed by atoms with van der Waals surface area (Å²) in [6.07, 6.45) is 24.5. The van der Waals surface area contributed by atoms with Gasteiger partial charge in [0.2, 0.25) is 5.95 Å². The Kier molecular flexibility index (Phi) is 95.5. The van der Waals surface area contributed by atoms with Gasteiger partial charge in [-0.3, -0.25) is 13.7 Å². The van der Waals surface area contributed by atoms with E-state index in [1.165, 1.54) is 118 Å². The molecule has 0 unspecified atom stereocenters. The van der Waals surface area contributed by atoms with E-state index in [0.29, 0.717) is 5.95 Å². The van der Waals surface area contributed by atoms with Gasteiger partial charge in [0.05, 0.1) is 33.1 Å². The molecule has 0 saturated carbocycles. The van der Waals surface area contributed by atoms with E-state index in [2.05, 4.69) is 249 Å². The summed E-state index contributed by atoms with van der Waals surface area (Å²) >= 11 is 0. The van der Waals surface area contributed by atoms with Gasteiger partial charge in [0.15, 0.2) is 0 Å². The summed E-state index contributed by atoms with van der Waals surface area (Å²) in [7, 11) is 0. The van der Waals surface area contributed by atoms with Gasteiger partial charge in [0, 0.05) is 69.5 Å². The molecular weight excluding hydrogens is 1540 g/mol. The second kappa shape index (κ2) is 97.3. The molecule has 0 bridgehead atoms. The van der Waals surface area contributed by atoms with Crippen molar-refractivity contribution >= 4 is 65.4 Å². The zero-order valence-electron chi connectivity index (χ0n) is 82.7. The van der Waals surface area contributed by atoms with Crippen molar-refractivity contribution in [1.29, 1.82) is 0 Å². The summed E-state index contributed by atoms with van der Waals surface area (Å²) in [5.74, 6) is 2.62. The lowest BCUT2D eigenvalue weighted by atomic mass is 10.2. The van der Waals surface area contributed by atoms with E-state index in [1.807, 2.05) is 342 Å². The lowest BCUT2D eigenvalue weighted by molar-refractivity contribution is 0.988. The quantitative estimate of drug-likeness (QED) is 0.164. The molecule has 15 heteroatoms. The second-order valence-corrected chi connectivity index (χ2v) is 21.6. The summed E-state index contributed by atoms with van der Waals surface area (Å²) in [5.41, 5.74) is 7.06. The van der Waals surface area contributed by atoms with Crippen molar-refractivity contribution in [2.75, 3.05) is 0 Å². The molecule has 0 fully saturated rings. The van der Waals surface area contributed by atoms with E-state index >= 15 is 0 Å². The van der Waals surface area contributed by atoms with Crippen LogP contribution >= 0.6 is 0 Å². The number of hydrogen-bond acceptors (Lipinski definition) is 12. The number of aromatic nitrogens is 15. The Bertz CT molecular complexity index is 4100. The Labute approximate surface area is 763 Å². The van der Waals surface area contributed by atoms with Crippen molar-refractivity contribution in [1.82, 2.24) is 73.5 Å². The molecule has 0 saturated heterocycles. The molecule has 0 radical (unpaired) electrons. The van der Waals surface area contributed by atoms with E-state index < -0.39 is 0 Å². The van der Waals surface area contributed by atoms with Crippen LogP contribution in [0.5, 0.6) is 0 Å². The van der Waals surface area contributed by atoms with Crippen LogP contribution in [0.25, 0.3) is 83.0 Å². The van der Waals surface area contributed by atoms with E-state index in [-0.39, 0.29) is 0 Å². The normalized spacial score (nSPS) is 8.33. The first-order chi connectivity index (χ1) is 62.6. The Morgan fingerprint density at radius 2 is 0.317 bits per heavy atom. The zero-order valence-corrected chi connectivity index (χ0v) is 82.7. The van der Waals surface area contributed by atoms with Gasteiger partial charge in [-0.25, -0.2) is 59.8 Å². The molecule has 9 aromatic carbocycles. The molecule has 678 valence electrons. The molecule has 0 aliphatic heterocycles. The molecule has 0 spiro atoms. The maximum Gasteiger partial charge on any atom is 0.234 e. The number of benzene rings is 9. The largest absolute Gasteiger partial charge is 0.294 e. The molecule has 126 heavy (non-hydrogen) atoms. The highest BCUT2D eigenvalue weighted by molar-refractivity contribution is 6.11. The zero-order chi connectivity index (χ0) is 95.5. The molecule has 9 heterocycles. The van der Waals surface area contributed by atoms with Crippen LogP contribution in [0, 0.1) is 0 Å². The predicted molar refractivity (Wildman–Crippen MR) is 559 cm³/mol. The summed E-state index contributed by atoms with van der Waals surface area (Å²) in [4.78, 5) is 46.4.